The van der Waals surface area contributed by atoms with Crippen molar-refractivity contribution in [1.82, 2.24) is 0 Å². The van der Waals surface area contributed by atoms with E-state index in [9.17, 15) is 0 Å². The van der Waals surface area contributed by atoms with E-state index in [1.807, 2.05) is 71.0 Å². The molecule has 14 heavy (non-hydrogen) atoms. The molecule has 0 aromatic heterocycles. The van der Waals surface area contributed by atoms with Gasteiger partial charge in [0.15, 0.2) is 0 Å². The summed E-state index contributed by atoms with van der Waals surface area (Å²) >= 11 is 0. The molecule has 0 fully saturated rings. The fourth-order valence-electron chi connectivity index (χ4n) is 0.385. The normalized spacial score (nSPS) is 6.43. The minimum Gasteiger partial charge on any atom is -0.385 e. The molecule has 0 atom stereocenters. The van der Waals surface area contributed by atoms with Gasteiger partial charge in [-0.3, -0.25) is 0 Å². The van der Waals surface area contributed by atoms with Gasteiger partial charge in [-0.25, -0.2) is 0 Å². The smallest absolute Gasteiger partial charge is 0.0433 e. The predicted molar refractivity (Wildman–Crippen MR) is 66.7 cm³/mol. The van der Waals surface area contributed by atoms with E-state index >= 15 is 0 Å². The van der Waals surface area contributed by atoms with Crippen LogP contribution in [0.25, 0.3) is 0 Å². The van der Waals surface area contributed by atoms with Crippen molar-refractivity contribution in [1.29, 1.82) is 0 Å². The topological polar surface area (TPSA) is 9.23 Å². The van der Waals surface area contributed by atoms with Gasteiger partial charge in [-0.05, 0) is 6.92 Å². The average Bonchev–Trinajstić information content (AvgIpc) is 2.36. The fourth-order valence-corrected chi connectivity index (χ4v) is 0.385. The van der Waals surface area contributed by atoms with Crippen molar-refractivity contribution in [3.63, 3.8) is 0 Å². The van der Waals surface area contributed by atoms with E-state index in [0.29, 0.717) is 0 Å². The largest absolute Gasteiger partial charge is 0.385 e. The molecule has 0 radical (unpaired) electrons. The molecule has 0 saturated carbocycles. The second-order valence-electron chi connectivity index (χ2n) is 1.73. The van der Waals surface area contributed by atoms with Gasteiger partial charge < -0.3 is 4.74 Å². The molecule has 1 aromatic carbocycles. The summed E-state index contributed by atoms with van der Waals surface area (Å²) in [5, 5.41) is 0. The Bertz CT molecular complexity index is 97.2. The first-order valence-electron chi connectivity index (χ1n) is 5.40. The van der Waals surface area contributed by atoms with Gasteiger partial charge in [0.05, 0.1) is 0 Å². The summed E-state index contributed by atoms with van der Waals surface area (Å²) < 4.78 is 4.54. The van der Waals surface area contributed by atoms with Crippen molar-refractivity contribution in [2.45, 2.75) is 34.6 Å². The van der Waals surface area contributed by atoms with Crippen molar-refractivity contribution in [3.8, 4) is 0 Å². The van der Waals surface area contributed by atoms with E-state index in [2.05, 4.69) is 4.74 Å². The second-order valence-corrected chi connectivity index (χ2v) is 1.73. The Labute approximate surface area is 90.1 Å². The third kappa shape index (κ3) is 30.3. The number of ether oxygens (including phenoxy) is 1. The first-order chi connectivity index (χ1) is 6.91. The number of rotatable bonds is 1. The highest BCUT2D eigenvalue weighted by Gasteiger charge is 1.57. The van der Waals surface area contributed by atoms with Gasteiger partial charge >= 0.3 is 0 Å². The lowest BCUT2D eigenvalue weighted by molar-refractivity contribution is 0.215. The molecule has 0 unspecified atom stereocenters. The predicted octanol–water partition coefficient (Wildman–Crippen LogP) is 4.39. The molecule has 0 saturated heterocycles. The van der Waals surface area contributed by atoms with Gasteiger partial charge in [0.2, 0.25) is 0 Å². The van der Waals surface area contributed by atoms with Gasteiger partial charge in [-0.2, -0.15) is 0 Å². The van der Waals surface area contributed by atoms with Gasteiger partial charge in [0.1, 0.15) is 0 Å². The van der Waals surface area contributed by atoms with E-state index in [1.54, 1.807) is 7.11 Å². The van der Waals surface area contributed by atoms with Crippen LogP contribution in [0, 0.1) is 0 Å². The quantitative estimate of drug-likeness (QED) is 0.650. The lowest BCUT2D eigenvalue weighted by atomic mass is 10.4. The first kappa shape index (κ1) is 18.9. The summed E-state index contributed by atoms with van der Waals surface area (Å²) in [5.41, 5.74) is 0. The molecule has 84 valence electrons. The molecule has 1 heteroatoms. The molecule has 0 aliphatic heterocycles. The Morgan fingerprint density at radius 3 is 0.929 bits per heavy atom. The summed E-state index contributed by atoms with van der Waals surface area (Å²) in [6.07, 6.45) is 0. The zero-order valence-corrected chi connectivity index (χ0v) is 10.6. The van der Waals surface area contributed by atoms with Crippen LogP contribution in [0.15, 0.2) is 36.4 Å². The summed E-state index contributed by atoms with van der Waals surface area (Å²) in [7, 11) is 1.68. The van der Waals surface area contributed by atoms with Crippen LogP contribution in [0.5, 0.6) is 0 Å². The highest BCUT2D eigenvalue weighted by Crippen LogP contribution is 1.79. The van der Waals surface area contributed by atoms with E-state index in [4.69, 9.17) is 0 Å². The SMILES string of the molecule is CC.CC.CCOC.c1ccccc1. The average molecular weight is 198 g/mol. The van der Waals surface area contributed by atoms with Gasteiger partial charge in [-0.15, -0.1) is 0 Å². The molecule has 0 aliphatic rings. The third-order valence-corrected chi connectivity index (χ3v) is 0.955. The maximum Gasteiger partial charge on any atom is 0.0433 e. The highest BCUT2D eigenvalue weighted by atomic mass is 16.5. The lowest BCUT2D eigenvalue weighted by Gasteiger charge is -1.76. The standard InChI is InChI=1S/C6H6.C3H8O.2C2H6/c1-2-4-6-5-3-1;1-3-4-2;2*1-2/h1-6H;3H2,1-2H3;2*1-2H3. The van der Waals surface area contributed by atoms with Crippen molar-refractivity contribution in [2.24, 2.45) is 0 Å². The van der Waals surface area contributed by atoms with Gasteiger partial charge in [0.25, 0.3) is 0 Å². The van der Waals surface area contributed by atoms with Crippen LogP contribution in [-0.2, 0) is 4.74 Å². The highest BCUT2D eigenvalue weighted by molar-refractivity contribution is 4.99. The Hall–Kier alpha value is -0.820. The zero-order chi connectivity index (χ0) is 11.7. The zero-order valence-electron chi connectivity index (χ0n) is 10.6. The summed E-state index contributed by atoms with van der Waals surface area (Å²) in [5.74, 6) is 0. The van der Waals surface area contributed by atoms with Crippen molar-refractivity contribution in [3.05, 3.63) is 36.4 Å². The lowest BCUT2D eigenvalue weighted by Crippen LogP contribution is -1.73. The Morgan fingerprint density at radius 1 is 0.714 bits per heavy atom. The number of methoxy groups -OCH3 is 1. The van der Waals surface area contributed by atoms with Crippen LogP contribution in [0.3, 0.4) is 0 Å². The van der Waals surface area contributed by atoms with Crippen LogP contribution < -0.4 is 0 Å². The van der Waals surface area contributed by atoms with Crippen LogP contribution >= 0.6 is 0 Å². The molecule has 1 aromatic rings. The number of hydrogen-bond donors (Lipinski definition) is 0. The van der Waals surface area contributed by atoms with Gasteiger partial charge in [-0.1, -0.05) is 64.1 Å². The molecule has 0 bridgehead atoms. The molecule has 0 N–H and O–H groups in total. The Balaban J connectivity index is -0.000000134. The molecule has 0 aliphatic carbocycles. The minimum absolute atomic E-state index is 0.819. The third-order valence-electron chi connectivity index (χ3n) is 0.955. The summed E-state index contributed by atoms with van der Waals surface area (Å²) in [6, 6.07) is 12.0. The van der Waals surface area contributed by atoms with Crippen LogP contribution in [0.4, 0.5) is 0 Å². The van der Waals surface area contributed by atoms with Gasteiger partial charge in [0, 0.05) is 13.7 Å². The molecule has 1 nitrogen and oxygen atoms in total. The summed E-state index contributed by atoms with van der Waals surface area (Å²) in [6.45, 7) is 10.8. The maximum atomic E-state index is 4.54. The fraction of sp³-hybridized carbons (Fsp3) is 0.538. The van der Waals surface area contributed by atoms with Crippen molar-refractivity contribution >= 4 is 0 Å². The van der Waals surface area contributed by atoms with Crippen molar-refractivity contribution < 1.29 is 4.74 Å². The molecule has 0 heterocycles. The number of benzene rings is 1. The summed E-state index contributed by atoms with van der Waals surface area (Å²) in [4.78, 5) is 0. The van der Waals surface area contributed by atoms with Crippen LogP contribution in [0.1, 0.15) is 34.6 Å². The maximum absolute atomic E-state index is 4.54. The minimum atomic E-state index is 0.819. The molecular weight excluding hydrogens is 172 g/mol. The number of hydrogen-bond acceptors (Lipinski definition) is 1. The second kappa shape index (κ2) is 29.5. The van der Waals surface area contributed by atoms with E-state index in [0.717, 1.165) is 6.61 Å². The first-order valence-corrected chi connectivity index (χ1v) is 5.40. The van der Waals surface area contributed by atoms with Crippen molar-refractivity contribution in [2.75, 3.05) is 13.7 Å². The van der Waals surface area contributed by atoms with Crippen LogP contribution in [0.2, 0.25) is 0 Å². The Morgan fingerprint density at radius 2 is 0.857 bits per heavy atom. The van der Waals surface area contributed by atoms with Crippen LogP contribution in [-0.4, -0.2) is 13.7 Å². The molecule has 0 spiro atoms. The molecular formula is C13H26O. The molecule has 1 rings (SSSR count). The van der Waals surface area contributed by atoms with E-state index in [-0.39, 0.29) is 0 Å². The molecule has 0 amide bonds. The van der Waals surface area contributed by atoms with E-state index in [1.165, 1.54) is 0 Å². The Kier molecular flexibility index (Phi) is 39.8. The monoisotopic (exact) mass is 198 g/mol. The van der Waals surface area contributed by atoms with E-state index < -0.39 is 0 Å².